The number of hydrogen-bond donors (Lipinski definition) is 2. The van der Waals surface area contributed by atoms with Crippen LogP contribution in [0.4, 0.5) is 0 Å². The monoisotopic (exact) mass is 434 g/mol. The lowest BCUT2D eigenvalue weighted by atomic mass is 9.96. The Bertz CT molecular complexity index is 423. The minimum atomic E-state index is -2.08. The molecule has 0 saturated carbocycles. The lowest BCUT2D eigenvalue weighted by molar-refractivity contribution is -0.0115. The first-order valence-electron chi connectivity index (χ1n) is 11.1. The van der Waals surface area contributed by atoms with Gasteiger partial charge < -0.3 is 19.1 Å². The number of hydrogen-bond acceptors (Lipinski definition) is 4. The van der Waals surface area contributed by atoms with Gasteiger partial charge in [-0.05, 0) is 41.2 Å². The topological polar surface area (TPSA) is 58.9 Å². The van der Waals surface area contributed by atoms with Crippen molar-refractivity contribution in [2.75, 3.05) is 13.2 Å². The van der Waals surface area contributed by atoms with Gasteiger partial charge >= 0.3 is 0 Å². The van der Waals surface area contributed by atoms with Gasteiger partial charge in [0.1, 0.15) is 0 Å². The molecule has 0 amide bonds. The van der Waals surface area contributed by atoms with E-state index in [1.165, 1.54) is 0 Å². The second-order valence-electron chi connectivity index (χ2n) is 11.0. The summed E-state index contributed by atoms with van der Waals surface area (Å²) in [6.07, 6.45) is -0.118. The molecule has 170 valence electrons. The molecule has 0 aliphatic rings. The molecule has 28 heavy (non-hydrogen) atoms. The molecule has 0 saturated heterocycles. The van der Waals surface area contributed by atoms with Gasteiger partial charge in [-0.25, -0.2) is 0 Å². The minimum Gasteiger partial charge on any atom is -0.417 e. The van der Waals surface area contributed by atoms with Crippen molar-refractivity contribution < 1.29 is 19.1 Å². The highest BCUT2D eigenvalue weighted by molar-refractivity contribution is 6.77. The SMILES string of the molecule is CC(C)[Si](O[C@@H](CCO[Si](C)(C)C(C)(C)C)[C@@H](C)[C@H](O)CO)(C(C)C)C(C)C. The lowest BCUT2D eigenvalue weighted by Gasteiger charge is -2.46. The number of aliphatic hydroxyl groups is 2. The van der Waals surface area contributed by atoms with Crippen LogP contribution in [0.15, 0.2) is 0 Å². The summed E-state index contributed by atoms with van der Waals surface area (Å²) in [6.45, 7) is 27.4. The van der Waals surface area contributed by atoms with E-state index < -0.39 is 22.7 Å². The Kier molecular flexibility index (Phi) is 11.2. The van der Waals surface area contributed by atoms with E-state index >= 15 is 0 Å². The van der Waals surface area contributed by atoms with Crippen LogP contribution in [0.2, 0.25) is 34.8 Å². The zero-order valence-electron chi connectivity index (χ0n) is 20.8. The van der Waals surface area contributed by atoms with Crippen molar-refractivity contribution in [2.45, 2.75) is 123 Å². The van der Waals surface area contributed by atoms with Gasteiger partial charge in [-0.1, -0.05) is 69.2 Å². The van der Waals surface area contributed by atoms with Crippen molar-refractivity contribution in [1.29, 1.82) is 0 Å². The third kappa shape index (κ3) is 6.91. The average molecular weight is 435 g/mol. The first-order valence-corrected chi connectivity index (χ1v) is 16.2. The minimum absolute atomic E-state index is 0.106. The van der Waals surface area contributed by atoms with Gasteiger partial charge in [0.2, 0.25) is 8.32 Å². The summed E-state index contributed by atoms with van der Waals surface area (Å²) in [7, 11) is -3.90. The molecule has 0 aromatic carbocycles. The van der Waals surface area contributed by atoms with Gasteiger partial charge in [-0.15, -0.1) is 0 Å². The molecule has 0 fully saturated rings. The van der Waals surface area contributed by atoms with E-state index in [-0.39, 0.29) is 23.7 Å². The zero-order chi connectivity index (χ0) is 22.5. The molecule has 0 aromatic rings. The molecule has 4 nitrogen and oxygen atoms in total. The second-order valence-corrected chi connectivity index (χ2v) is 21.2. The van der Waals surface area contributed by atoms with E-state index in [9.17, 15) is 10.2 Å². The maximum Gasteiger partial charge on any atom is 0.200 e. The van der Waals surface area contributed by atoms with E-state index in [0.717, 1.165) is 6.42 Å². The summed E-state index contributed by atoms with van der Waals surface area (Å²) in [5, 5.41) is 20.0. The predicted octanol–water partition coefficient (Wildman–Crippen LogP) is 5.95. The summed E-state index contributed by atoms with van der Waals surface area (Å²) >= 11 is 0. The molecule has 0 spiro atoms. The van der Waals surface area contributed by atoms with E-state index in [0.29, 0.717) is 23.2 Å². The van der Waals surface area contributed by atoms with Crippen LogP contribution in [0.5, 0.6) is 0 Å². The van der Waals surface area contributed by atoms with Crippen LogP contribution in [0.25, 0.3) is 0 Å². The van der Waals surface area contributed by atoms with Crippen molar-refractivity contribution in [1.82, 2.24) is 0 Å². The zero-order valence-corrected chi connectivity index (χ0v) is 22.8. The summed E-state index contributed by atoms with van der Waals surface area (Å²) in [5.74, 6) is -0.129. The largest absolute Gasteiger partial charge is 0.417 e. The van der Waals surface area contributed by atoms with Crippen LogP contribution >= 0.6 is 0 Å². The van der Waals surface area contributed by atoms with Gasteiger partial charge in [0, 0.05) is 12.5 Å². The lowest BCUT2D eigenvalue weighted by Crippen LogP contribution is -2.53. The van der Waals surface area contributed by atoms with Crippen molar-refractivity contribution in [3.05, 3.63) is 0 Å². The van der Waals surface area contributed by atoms with Crippen LogP contribution in [-0.2, 0) is 8.85 Å². The molecular weight excluding hydrogens is 384 g/mol. The summed E-state index contributed by atoms with van der Waals surface area (Å²) in [4.78, 5) is 0. The molecule has 0 aliphatic carbocycles. The Morgan fingerprint density at radius 1 is 0.857 bits per heavy atom. The molecule has 0 heterocycles. The van der Waals surface area contributed by atoms with Gasteiger partial charge in [0.25, 0.3) is 0 Å². The molecule has 0 rings (SSSR count). The highest BCUT2D eigenvalue weighted by Gasteiger charge is 2.47. The second kappa shape index (κ2) is 11.1. The maximum absolute atomic E-state index is 10.4. The van der Waals surface area contributed by atoms with E-state index in [2.05, 4.69) is 75.4 Å². The quantitative estimate of drug-likeness (QED) is 0.373. The Hall–Kier alpha value is 0.274. The fourth-order valence-corrected chi connectivity index (χ4v) is 10.9. The molecule has 0 aliphatic heterocycles. The average Bonchev–Trinajstić information content (AvgIpc) is 2.54. The predicted molar refractivity (Wildman–Crippen MR) is 126 cm³/mol. The third-order valence-electron chi connectivity index (χ3n) is 7.11. The highest BCUT2D eigenvalue weighted by atomic mass is 28.4. The highest BCUT2D eigenvalue weighted by Crippen LogP contribution is 2.44. The Labute approximate surface area is 177 Å². The third-order valence-corrected chi connectivity index (χ3v) is 17.8. The molecule has 0 aromatic heterocycles. The van der Waals surface area contributed by atoms with Gasteiger partial charge in [-0.3, -0.25) is 0 Å². The standard InChI is InChI=1S/C22H50O4Si2/c1-16(2)28(17(3)4,18(5)6)26-21(19(7)20(24)15-23)13-14-25-27(11,12)22(8,9)10/h16-21,23-24H,13-15H2,1-12H3/t19-,20+,21-/m0/s1. The summed E-state index contributed by atoms with van der Waals surface area (Å²) in [5.41, 5.74) is 1.44. The van der Waals surface area contributed by atoms with Gasteiger partial charge in [0.05, 0.1) is 18.8 Å². The van der Waals surface area contributed by atoms with Crippen molar-refractivity contribution in [3.63, 3.8) is 0 Å². The van der Waals surface area contributed by atoms with Crippen molar-refractivity contribution in [3.8, 4) is 0 Å². The van der Waals surface area contributed by atoms with Crippen LogP contribution in [0.3, 0.4) is 0 Å². The Morgan fingerprint density at radius 2 is 1.29 bits per heavy atom. The first-order chi connectivity index (χ1) is 12.5. The smallest absolute Gasteiger partial charge is 0.200 e. The Morgan fingerprint density at radius 3 is 1.61 bits per heavy atom. The fourth-order valence-electron chi connectivity index (χ4n) is 4.16. The van der Waals surface area contributed by atoms with Crippen LogP contribution < -0.4 is 0 Å². The van der Waals surface area contributed by atoms with Gasteiger partial charge in [0.15, 0.2) is 8.32 Å². The van der Waals surface area contributed by atoms with Crippen LogP contribution in [-0.4, -0.2) is 52.3 Å². The van der Waals surface area contributed by atoms with E-state index in [1.807, 2.05) is 6.92 Å². The molecule has 0 radical (unpaired) electrons. The summed E-state index contributed by atoms with van der Waals surface area (Å²) in [6, 6.07) is 0. The van der Waals surface area contributed by atoms with Gasteiger partial charge in [-0.2, -0.15) is 0 Å². The first kappa shape index (κ1) is 28.3. The van der Waals surface area contributed by atoms with E-state index in [1.54, 1.807) is 0 Å². The molecule has 0 bridgehead atoms. The molecule has 0 unspecified atom stereocenters. The summed E-state index contributed by atoms with van der Waals surface area (Å²) < 4.78 is 13.4. The van der Waals surface area contributed by atoms with Crippen LogP contribution in [0, 0.1) is 5.92 Å². The molecule has 2 N–H and O–H groups in total. The molecular formula is C22H50O4Si2. The molecule has 3 atom stereocenters. The number of aliphatic hydroxyl groups excluding tert-OH is 2. The normalized spacial score (nSPS) is 17.5. The fraction of sp³-hybridized carbons (Fsp3) is 1.00. The van der Waals surface area contributed by atoms with Crippen molar-refractivity contribution in [2.24, 2.45) is 5.92 Å². The van der Waals surface area contributed by atoms with E-state index in [4.69, 9.17) is 8.85 Å². The van der Waals surface area contributed by atoms with Crippen molar-refractivity contribution >= 4 is 16.6 Å². The number of rotatable bonds is 12. The van der Waals surface area contributed by atoms with Crippen LogP contribution in [0.1, 0.15) is 75.7 Å². The Balaban J connectivity index is 5.59. The maximum atomic E-state index is 10.4. The molecule has 6 heteroatoms.